The van der Waals surface area contributed by atoms with Gasteiger partial charge in [0.15, 0.2) is 0 Å². The van der Waals surface area contributed by atoms with E-state index in [4.69, 9.17) is 23.2 Å². The van der Waals surface area contributed by atoms with Crippen molar-refractivity contribution in [3.05, 3.63) is 27.7 Å². The molecule has 0 unspecified atom stereocenters. The van der Waals surface area contributed by atoms with Crippen LogP contribution >= 0.6 is 23.2 Å². The molecule has 1 nitrogen and oxygen atoms in total. The highest BCUT2D eigenvalue weighted by molar-refractivity contribution is 6.36. The quantitative estimate of drug-likeness (QED) is 0.625. The molecule has 102 valence electrons. The van der Waals surface area contributed by atoms with Crippen LogP contribution in [0.2, 0.25) is 10.0 Å². The molecule has 0 heterocycles. The van der Waals surface area contributed by atoms with Gasteiger partial charge in [-0.15, -0.1) is 0 Å². The first-order valence-electron chi connectivity index (χ1n) is 6.28. The lowest BCUT2D eigenvalue weighted by molar-refractivity contribution is 1.44. The molecule has 0 spiro atoms. The molecule has 0 fully saturated rings. The Hall–Kier alpha value is -0.400. The maximum Gasteiger partial charge on any atom is 0.0470 e. The van der Waals surface area contributed by atoms with Crippen LogP contribution in [0.4, 0.5) is 5.69 Å². The predicted octanol–water partition coefficient (Wildman–Crippen LogP) is 6.42. The van der Waals surface area contributed by atoms with Crippen molar-refractivity contribution in [2.75, 3.05) is 12.4 Å². The third kappa shape index (κ3) is 9.31. The topological polar surface area (TPSA) is 12.0 Å². The van der Waals surface area contributed by atoms with Crippen molar-refractivity contribution < 1.29 is 0 Å². The number of rotatable bonds is 1. The van der Waals surface area contributed by atoms with E-state index < -0.39 is 0 Å². The van der Waals surface area contributed by atoms with Crippen LogP contribution in [0.1, 0.15) is 47.1 Å². The summed E-state index contributed by atoms with van der Waals surface area (Å²) in [7, 11) is 1.83. The van der Waals surface area contributed by atoms with Crippen LogP contribution in [0.3, 0.4) is 0 Å². The summed E-state index contributed by atoms with van der Waals surface area (Å²) in [6.45, 7) is 13.9. The maximum absolute atomic E-state index is 5.87. The van der Waals surface area contributed by atoms with Gasteiger partial charge in [0.1, 0.15) is 0 Å². The highest BCUT2D eigenvalue weighted by Crippen LogP contribution is 2.27. The second-order valence-corrected chi connectivity index (χ2v) is 3.13. The Balaban J connectivity index is -0.000000285. The van der Waals surface area contributed by atoms with Gasteiger partial charge in [0.2, 0.25) is 0 Å². The Morgan fingerprint density at radius 1 is 0.824 bits per heavy atom. The Bertz CT molecular complexity index is 250. The number of hydrogen-bond donors (Lipinski definition) is 1. The van der Waals surface area contributed by atoms with Crippen molar-refractivity contribution in [1.29, 1.82) is 0 Å². The molecule has 17 heavy (non-hydrogen) atoms. The molecule has 0 amide bonds. The summed E-state index contributed by atoms with van der Waals surface area (Å²) >= 11 is 11.7. The predicted molar refractivity (Wildman–Crippen MR) is 84.8 cm³/mol. The molecule has 0 atom stereocenters. The van der Waals surface area contributed by atoms with E-state index in [1.807, 2.05) is 67.6 Å². The van der Waals surface area contributed by atoms with Gasteiger partial charge in [0, 0.05) is 22.8 Å². The van der Waals surface area contributed by atoms with Crippen molar-refractivity contribution in [3.63, 3.8) is 0 Å². The zero-order valence-corrected chi connectivity index (χ0v) is 13.9. The smallest absolute Gasteiger partial charge is 0.0470 e. The summed E-state index contributed by atoms with van der Waals surface area (Å²) in [5.74, 6) is 0. The molecule has 0 aromatic heterocycles. The summed E-state index contributed by atoms with van der Waals surface area (Å²) in [5, 5.41) is 4.36. The van der Waals surface area contributed by atoms with Gasteiger partial charge in [0.25, 0.3) is 0 Å². The maximum atomic E-state index is 5.87. The zero-order valence-electron chi connectivity index (χ0n) is 12.4. The van der Waals surface area contributed by atoms with Gasteiger partial charge < -0.3 is 5.32 Å². The van der Waals surface area contributed by atoms with Gasteiger partial charge >= 0.3 is 0 Å². The number of hydrogen-bond acceptors (Lipinski definition) is 1. The fourth-order valence-electron chi connectivity index (χ4n) is 0.790. The first kappa shape index (κ1) is 21.8. The number of halogens is 2. The van der Waals surface area contributed by atoms with Crippen molar-refractivity contribution in [2.24, 2.45) is 0 Å². The van der Waals surface area contributed by atoms with Crippen LogP contribution in [-0.2, 0) is 0 Å². The van der Waals surface area contributed by atoms with Gasteiger partial charge in [-0.3, -0.25) is 0 Å². The van der Waals surface area contributed by atoms with E-state index in [-0.39, 0.29) is 0 Å². The van der Waals surface area contributed by atoms with Crippen LogP contribution in [0.5, 0.6) is 0 Å². The Kier molecular flexibility index (Phi) is 20.0. The molecule has 1 N–H and O–H groups in total. The Morgan fingerprint density at radius 3 is 1.35 bits per heavy atom. The van der Waals surface area contributed by atoms with Gasteiger partial charge in [-0.1, -0.05) is 64.7 Å². The summed E-state index contributed by atoms with van der Waals surface area (Å²) in [6.07, 6.45) is 0. The van der Waals surface area contributed by atoms with E-state index in [0.717, 1.165) is 11.3 Å². The standard InChI is InChI=1S/C8H9Cl2N.3C2H6/c1-5-7(9)3-6(11-2)4-8(5)10;3*1-2/h3-4,11H,1-2H3;3*1-2H3. The molecule has 1 aromatic carbocycles. The molecule has 0 aliphatic carbocycles. The summed E-state index contributed by atoms with van der Waals surface area (Å²) in [4.78, 5) is 0. The van der Waals surface area contributed by atoms with Gasteiger partial charge in [0.05, 0.1) is 0 Å². The molecule has 0 aliphatic heterocycles. The highest BCUT2D eigenvalue weighted by Gasteiger charge is 2.01. The molecular weight excluding hydrogens is 253 g/mol. The number of anilines is 1. The molecule has 0 aliphatic rings. The zero-order chi connectivity index (χ0) is 14.4. The van der Waals surface area contributed by atoms with Crippen molar-refractivity contribution in [3.8, 4) is 0 Å². The molecule has 0 bridgehead atoms. The monoisotopic (exact) mass is 279 g/mol. The average molecular weight is 280 g/mol. The Morgan fingerprint density at radius 2 is 1.12 bits per heavy atom. The molecule has 1 rings (SSSR count). The lowest BCUT2D eigenvalue weighted by Crippen LogP contribution is -1.88. The van der Waals surface area contributed by atoms with Crippen LogP contribution < -0.4 is 5.32 Å². The minimum atomic E-state index is 0.696. The molecule has 1 aromatic rings. The third-order valence-corrected chi connectivity index (χ3v) is 2.35. The van der Waals surface area contributed by atoms with E-state index in [1.54, 1.807) is 0 Å². The lowest BCUT2D eigenvalue weighted by Gasteiger charge is -2.04. The fourth-order valence-corrected chi connectivity index (χ4v) is 1.28. The SMILES string of the molecule is CC.CC.CC.CNc1cc(Cl)c(C)c(Cl)c1. The van der Waals surface area contributed by atoms with Crippen molar-refractivity contribution in [1.82, 2.24) is 0 Å². The van der Waals surface area contributed by atoms with E-state index in [1.165, 1.54) is 0 Å². The van der Waals surface area contributed by atoms with Crippen LogP contribution in [-0.4, -0.2) is 7.05 Å². The minimum absolute atomic E-state index is 0.696. The van der Waals surface area contributed by atoms with Crippen LogP contribution in [0.15, 0.2) is 12.1 Å². The van der Waals surface area contributed by atoms with Gasteiger partial charge in [-0.2, -0.15) is 0 Å². The normalized spacial score (nSPS) is 7.41. The molecule has 0 radical (unpaired) electrons. The number of benzene rings is 1. The van der Waals surface area contributed by atoms with E-state index in [9.17, 15) is 0 Å². The van der Waals surface area contributed by atoms with Gasteiger partial charge in [-0.05, 0) is 24.6 Å². The molecule has 3 heteroatoms. The lowest BCUT2D eigenvalue weighted by atomic mass is 10.2. The van der Waals surface area contributed by atoms with Crippen molar-refractivity contribution >= 4 is 28.9 Å². The summed E-state index contributed by atoms with van der Waals surface area (Å²) in [6, 6.07) is 3.70. The van der Waals surface area contributed by atoms with E-state index in [2.05, 4.69) is 5.32 Å². The molecular formula is C14H27Cl2N. The van der Waals surface area contributed by atoms with Gasteiger partial charge in [-0.25, -0.2) is 0 Å². The van der Waals surface area contributed by atoms with Crippen LogP contribution in [0.25, 0.3) is 0 Å². The minimum Gasteiger partial charge on any atom is -0.388 e. The molecule has 0 saturated heterocycles. The summed E-state index contributed by atoms with van der Waals surface area (Å²) < 4.78 is 0. The highest BCUT2D eigenvalue weighted by atomic mass is 35.5. The van der Waals surface area contributed by atoms with Crippen LogP contribution in [0, 0.1) is 6.92 Å². The van der Waals surface area contributed by atoms with E-state index >= 15 is 0 Å². The fraction of sp³-hybridized carbons (Fsp3) is 0.571. The average Bonchev–Trinajstić information content (AvgIpc) is 2.42. The second kappa shape index (κ2) is 15.6. The van der Waals surface area contributed by atoms with Crippen molar-refractivity contribution in [2.45, 2.75) is 48.5 Å². The summed E-state index contributed by atoms with van der Waals surface area (Å²) in [5.41, 5.74) is 1.86. The third-order valence-electron chi connectivity index (χ3n) is 1.57. The second-order valence-electron chi connectivity index (χ2n) is 2.31. The molecule has 0 saturated carbocycles. The largest absolute Gasteiger partial charge is 0.388 e. The first-order valence-corrected chi connectivity index (χ1v) is 7.04. The van der Waals surface area contributed by atoms with E-state index in [0.29, 0.717) is 10.0 Å². The Labute approximate surface area is 118 Å². The number of nitrogens with one attached hydrogen (secondary N) is 1. The first-order chi connectivity index (χ1) is 8.15.